The lowest BCUT2D eigenvalue weighted by atomic mass is 10.1. The highest BCUT2D eigenvalue weighted by atomic mass is 19.3. The van der Waals surface area contributed by atoms with Crippen molar-refractivity contribution in [2.45, 2.75) is 26.4 Å². The van der Waals surface area contributed by atoms with E-state index in [0.29, 0.717) is 25.1 Å². The van der Waals surface area contributed by atoms with Crippen molar-refractivity contribution in [2.24, 2.45) is 0 Å². The van der Waals surface area contributed by atoms with E-state index in [1.165, 1.54) is 19.1 Å². The summed E-state index contributed by atoms with van der Waals surface area (Å²) in [6.07, 6.45) is 1.31. The minimum absolute atomic E-state index is 0.00378. The number of fused-ring (bicyclic) bond motifs is 1. The molecule has 7 heteroatoms. The van der Waals surface area contributed by atoms with E-state index in [9.17, 15) is 18.4 Å². The maximum Gasteiger partial charge on any atom is 0.387 e. The third kappa shape index (κ3) is 4.61. The lowest BCUT2D eigenvalue weighted by molar-refractivity contribution is -0.116. The second-order valence-electron chi connectivity index (χ2n) is 6.29. The van der Waals surface area contributed by atoms with E-state index in [1.54, 1.807) is 29.2 Å². The highest BCUT2D eigenvalue weighted by Crippen LogP contribution is 2.28. The quantitative estimate of drug-likeness (QED) is 0.845. The number of nitrogens with zero attached hydrogens (tertiary/aromatic N) is 1. The van der Waals surface area contributed by atoms with Gasteiger partial charge >= 0.3 is 6.61 Å². The number of benzene rings is 2. The van der Waals surface area contributed by atoms with Gasteiger partial charge in [-0.25, -0.2) is 0 Å². The summed E-state index contributed by atoms with van der Waals surface area (Å²) < 4.78 is 28.6. The molecule has 0 radical (unpaired) electrons. The fourth-order valence-corrected chi connectivity index (χ4v) is 3.13. The predicted octanol–water partition coefficient (Wildman–Crippen LogP) is 3.17. The van der Waals surface area contributed by atoms with Crippen molar-refractivity contribution in [2.75, 3.05) is 18.0 Å². The number of hydrogen-bond donors (Lipinski definition) is 1. The SMILES string of the molecule is CC(=O)N1CCc2cc(C(=O)NCCc3ccc(OC(F)F)cc3)ccc21. The first kappa shape index (κ1) is 18.8. The van der Waals surface area contributed by atoms with E-state index < -0.39 is 6.61 Å². The molecule has 0 aromatic heterocycles. The molecular formula is C20H20F2N2O3. The summed E-state index contributed by atoms with van der Waals surface area (Å²) in [5.41, 5.74) is 3.32. The first-order valence-electron chi connectivity index (χ1n) is 8.67. The summed E-state index contributed by atoms with van der Waals surface area (Å²) in [5.74, 6) is -0.0804. The molecule has 3 rings (SSSR count). The molecule has 0 fully saturated rings. The van der Waals surface area contributed by atoms with Crippen molar-refractivity contribution in [3.8, 4) is 5.75 Å². The molecule has 1 aliphatic heterocycles. The molecule has 142 valence electrons. The molecule has 0 aliphatic carbocycles. The second-order valence-corrected chi connectivity index (χ2v) is 6.29. The lowest BCUT2D eigenvalue weighted by Gasteiger charge is -2.14. The molecule has 0 saturated carbocycles. The first-order chi connectivity index (χ1) is 12.9. The molecule has 27 heavy (non-hydrogen) atoms. The van der Waals surface area contributed by atoms with Crippen molar-refractivity contribution in [3.63, 3.8) is 0 Å². The zero-order valence-electron chi connectivity index (χ0n) is 14.9. The Morgan fingerprint density at radius 3 is 2.59 bits per heavy atom. The van der Waals surface area contributed by atoms with Crippen LogP contribution in [0.4, 0.5) is 14.5 Å². The molecule has 2 aromatic carbocycles. The molecule has 0 bridgehead atoms. The summed E-state index contributed by atoms with van der Waals surface area (Å²) in [6, 6.07) is 11.7. The molecular weight excluding hydrogens is 354 g/mol. The maximum absolute atomic E-state index is 12.3. The maximum atomic E-state index is 12.3. The molecule has 0 unspecified atom stereocenters. The molecule has 1 aliphatic rings. The monoisotopic (exact) mass is 374 g/mol. The number of ether oxygens (including phenoxy) is 1. The van der Waals surface area contributed by atoms with Gasteiger partial charge in [0.05, 0.1) is 0 Å². The van der Waals surface area contributed by atoms with Crippen LogP contribution in [0.5, 0.6) is 5.75 Å². The number of carbonyl (C=O) groups is 2. The Morgan fingerprint density at radius 2 is 1.93 bits per heavy atom. The van der Waals surface area contributed by atoms with Gasteiger partial charge in [-0.05, 0) is 54.3 Å². The molecule has 1 N–H and O–H groups in total. The third-order valence-electron chi connectivity index (χ3n) is 4.47. The van der Waals surface area contributed by atoms with Crippen LogP contribution in [0.3, 0.4) is 0 Å². The van der Waals surface area contributed by atoms with E-state index in [4.69, 9.17) is 0 Å². The Bertz CT molecular complexity index is 838. The number of amides is 2. The van der Waals surface area contributed by atoms with Crippen molar-refractivity contribution in [3.05, 3.63) is 59.2 Å². The zero-order valence-corrected chi connectivity index (χ0v) is 14.9. The Morgan fingerprint density at radius 1 is 1.19 bits per heavy atom. The minimum atomic E-state index is -2.84. The summed E-state index contributed by atoms with van der Waals surface area (Å²) >= 11 is 0. The fraction of sp³-hybridized carbons (Fsp3) is 0.300. The van der Waals surface area contributed by atoms with Gasteiger partial charge in [0.15, 0.2) is 0 Å². The number of rotatable bonds is 6. The van der Waals surface area contributed by atoms with Gasteiger partial charge < -0.3 is 15.0 Å². The highest BCUT2D eigenvalue weighted by Gasteiger charge is 2.23. The lowest BCUT2D eigenvalue weighted by Crippen LogP contribution is -2.26. The number of halogens is 2. The van der Waals surface area contributed by atoms with Crippen LogP contribution in [0.1, 0.15) is 28.4 Å². The summed E-state index contributed by atoms with van der Waals surface area (Å²) in [7, 11) is 0. The number of carbonyl (C=O) groups excluding carboxylic acids is 2. The van der Waals surface area contributed by atoms with Crippen LogP contribution in [0, 0.1) is 0 Å². The molecule has 5 nitrogen and oxygen atoms in total. The second kappa shape index (κ2) is 8.16. The van der Waals surface area contributed by atoms with E-state index in [-0.39, 0.29) is 17.6 Å². The van der Waals surface area contributed by atoms with E-state index in [2.05, 4.69) is 10.1 Å². The fourth-order valence-electron chi connectivity index (χ4n) is 3.13. The van der Waals surface area contributed by atoms with Crippen molar-refractivity contribution in [1.29, 1.82) is 0 Å². The normalized spacial score (nSPS) is 12.8. The van der Waals surface area contributed by atoms with Gasteiger partial charge in [0.25, 0.3) is 5.91 Å². The van der Waals surface area contributed by atoms with Crippen LogP contribution in [0.15, 0.2) is 42.5 Å². The molecule has 2 amide bonds. The molecule has 0 atom stereocenters. The van der Waals surface area contributed by atoms with Gasteiger partial charge in [0.2, 0.25) is 5.91 Å². The predicted molar refractivity (Wildman–Crippen MR) is 97.3 cm³/mol. The van der Waals surface area contributed by atoms with E-state index in [1.807, 2.05) is 6.07 Å². The average Bonchev–Trinajstić information content (AvgIpc) is 3.06. The highest BCUT2D eigenvalue weighted by molar-refractivity contribution is 5.97. The van der Waals surface area contributed by atoms with Gasteiger partial charge in [-0.1, -0.05) is 12.1 Å². The van der Waals surface area contributed by atoms with Crippen LogP contribution in [-0.4, -0.2) is 31.5 Å². The van der Waals surface area contributed by atoms with Crippen LogP contribution >= 0.6 is 0 Å². The topological polar surface area (TPSA) is 58.6 Å². The van der Waals surface area contributed by atoms with Crippen LogP contribution in [-0.2, 0) is 17.6 Å². The number of nitrogens with one attached hydrogen (secondary N) is 1. The van der Waals surface area contributed by atoms with Crippen molar-refractivity contribution in [1.82, 2.24) is 5.32 Å². The van der Waals surface area contributed by atoms with Crippen LogP contribution in [0.25, 0.3) is 0 Å². The molecule has 1 heterocycles. The zero-order chi connectivity index (χ0) is 19.4. The van der Waals surface area contributed by atoms with Gasteiger partial charge in [0.1, 0.15) is 5.75 Å². The van der Waals surface area contributed by atoms with Gasteiger partial charge in [-0.3, -0.25) is 9.59 Å². The Hall–Kier alpha value is -2.96. The van der Waals surface area contributed by atoms with E-state index in [0.717, 1.165) is 23.2 Å². The first-order valence-corrected chi connectivity index (χ1v) is 8.67. The Labute approximate surface area is 155 Å². The third-order valence-corrected chi connectivity index (χ3v) is 4.47. The standard InChI is InChI=1S/C20H20F2N2O3/c1-13(25)24-11-9-15-12-16(4-7-18(15)24)19(26)23-10-8-14-2-5-17(6-3-14)27-20(21)22/h2-7,12,20H,8-11H2,1H3,(H,23,26). The van der Waals surface area contributed by atoms with Crippen molar-refractivity contribution < 1.29 is 23.1 Å². The molecule has 0 saturated heterocycles. The van der Waals surface area contributed by atoms with E-state index >= 15 is 0 Å². The molecule has 2 aromatic rings. The summed E-state index contributed by atoms with van der Waals surface area (Å²) in [6.45, 7) is -0.252. The van der Waals surface area contributed by atoms with Gasteiger partial charge in [-0.15, -0.1) is 0 Å². The van der Waals surface area contributed by atoms with Crippen molar-refractivity contribution >= 4 is 17.5 Å². The number of anilines is 1. The summed E-state index contributed by atoms with van der Waals surface area (Å²) in [4.78, 5) is 25.6. The van der Waals surface area contributed by atoms with Gasteiger partial charge in [0, 0.05) is 31.3 Å². The average molecular weight is 374 g/mol. The number of alkyl halides is 2. The Balaban J connectivity index is 1.53. The molecule has 0 spiro atoms. The Kier molecular flexibility index (Phi) is 5.69. The summed E-state index contributed by atoms with van der Waals surface area (Å²) in [5, 5.41) is 2.85. The van der Waals surface area contributed by atoms with Gasteiger partial charge in [-0.2, -0.15) is 8.78 Å². The smallest absolute Gasteiger partial charge is 0.387 e. The van der Waals surface area contributed by atoms with Crippen LogP contribution < -0.4 is 15.0 Å². The minimum Gasteiger partial charge on any atom is -0.435 e. The van der Waals surface area contributed by atoms with Crippen LogP contribution in [0.2, 0.25) is 0 Å². The largest absolute Gasteiger partial charge is 0.435 e. The number of hydrogen-bond acceptors (Lipinski definition) is 3.